The maximum atomic E-state index is 10.2. The maximum absolute atomic E-state index is 10.2. The highest BCUT2D eigenvalue weighted by Gasteiger charge is 2.18. The van der Waals surface area contributed by atoms with Crippen LogP contribution in [0.4, 0.5) is 0 Å². The summed E-state index contributed by atoms with van der Waals surface area (Å²) in [4.78, 5) is 0. The first-order valence-corrected chi connectivity index (χ1v) is 5.86. The van der Waals surface area contributed by atoms with Crippen LogP contribution in [0.5, 0.6) is 0 Å². The van der Waals surface area contributed by atoms with E-state index in [0.717, 1.165) is 17.9 Å². The summed E-state index contributed by atoms with van der Waals surface area (Å²) in [5.74, 6) is 0.928. The summed E-state index contributed by atoms with van der Waals surface area (Å²) < 4.78 is 5.26. The fourth-order valence-electron chi connectivity index (χ4n) is 1.81. The van der Waals surface area contributed by atoms with Gasteiger partial charge in [-0.2, -0.15) is 0 Å². The van der Waals surface area contributed by atoms with Gasteiger partial charge in [0.25, 0.3) is 0 Å². The number of furan rings is 1. The van der Waals surface area contributed by atoms with Crippen molar-refractivity contribution in [3.8, 4) is 0 Å². The lowest BCUT2D eigenvalue weighted by Crippen LogP contribution is -2.88. The van der Waals surface area contributed by atoms with Gasteiger partial charge in [-0.05, 0) is 24.6 Å². The van der Waals surface area contributed by atoms with Crippen molar-refractivity contribution in [2.45, 2.75) is 25.6 Å². The predicted molar refractivity (Wildman–Crippen MR) is 65.2 cm³/mol. The second-order valence-corrected chi connectivity index (χ2v) is 4.23. The molecule has 1 aromatic carbocycles. The Kier molecular flexibility index (Phi) is 3.96. The van der Waals surface area contributed by atoms with E-state index in [-0.39, 0.29) is 6.04 Å². The van der Waals surface area contributed by atoms with Gasteiger partial charge in [0.15, 0.2) is 5.76 Å². The van der Waals surface area contributed by atoms with E-state index in [0.29, 0.717) is 0 Å². The molecule has 1 heterocycles. The fraction of sp³-hybridized carbons (Fsp3) is 0.286. The van der Waals surface area contributed by atoms with E-state index in [1.807, 2.05) is 49.4 Å². The highest BCUT2D eigenvalue weighted by molar-refractivity contribution is 5.17. The minimum absolute atomic E-state index is 0.0995. The van der Waals surface area contributed by atoms with Gasteiger partial charge in [0.05, 0.1) is 6.26 Å². The van der Waals surface area contributed by atoms with Crippen LogP contribution in [0.15, 0.2) is 53.1 Å². The van der Waals surface area contributed by atoms with Crippen molar-refractivity contribution < 1.29 is 14.8 Å². The number of rotatable bonds is 5. The van der Waals surface area contributed by atoms with Crippen molar-refractivity contribution in [2.24, 2.45) is 0 Å². The number of benzene rings is 1. The molecular weight excluding hydrogens is 214 g/mol. The molecule has 0 radical (unpaired) electrons. The van der Waals surface area contributed by atoms with Gasteiger partial charge in [-0.1, -0.05) is 30.3 Å². The average Bonchev–Trinajstić information content (AvgIpc) is 2.89. The molecule has 3 N–H and O–H groups in total. The highest BCUT2D eigenvalue weighted by atomic mass is 16.3. The van der Waals surface area contributed by atoms with Gasteiger partial charge in [-0.25, -0.2) is 0 Å². The molecule has 3 heteroatoms. The number of aliphatic hydroxyl groups excluding tert-OH is 1. The zero-order chi connectivity index (χ0) is 12.1. The monoisotopic (exact) mass is 232 g/mol. The molecule has 2 aromatic rings. The van der Waals surface area contributed by atoms with Crippen molar-refractivity contribution in [2.75, 3.05) is 0 Å². The SMILES string of the molecule is C[C@H]([NH2+]Cc1ccco1)[C@@H](O)c1ccccc1. The van der Waals surface area contributed by atoms with Crippen molar-refractivity contribution in [3.05, 3.63) is 60.1 Å². The van der Waals surface area contributed by atoms with Crippen LogP contribution in [0, 0.1) is 0 Å². The zero-order valence-corrected chi connectivity index (χ0v) is 9.91. The predicted octanol–water partition coefficient (Wildman–Crippen LogP) is 1.47. The first kappa shape index (κ1) is 11.9. The Bertz CT molecular complexity index is 425. The summed E-state index contributed by atoms with van der Waals surface area (Å²) in [7, 11) is 0. The van der Waals surface area contributed by atoms with E-state index >= 15 is 0 Å². The van der Waals surface area contributed by atoms with Crippen LogP contribution in [0.2, 0.25) is 0 Å². The second kappa shape index (κ2) is 5.66. The summed E-state index contributed by atoms with van der Waals surface area (Å²) in [6.07, 6.45) is 1.22. The van der Waals surface area contributed by atoms with Crippen LogP contribution in [-0.2, 0) is 6.54 Å². The summed E-state index contributed by atoms with van der Waals surface area (Å²) in [6, 6.07) is 13.6. The molecule has 0 unspecified atom stereocenters. The number of aliphatic hydroxyl groups is 1. The van der Waals surface area contributed by atoms with Crippen molar-refractivity contribution in [1.29, 1.82) is 0 Å². The molecule has 0 saturated carbocycles. The lowest BCUT2D eigenvalue weighted by atomic mass is 10.0. The summed E-state index contributed by atoms with van der Waals surface area (Å²) in [5.41, 5.74) is 0.954. The van der Waals surface area contributed by atoms with Crippen LogP contribution in [0.25, 0.3) is 0 Å². The van der Waals surface area contributed by atoms with Crippen LogP contribution in [-0.4, -0.2) is 11.1 Å². The summed E-state index contributed by atoms with van der Waals surface area (Å²) in [6.45, 7) is 2.76. The van der Waals surface area contributed by atoms with Gasteiger partial charge in [0, 0.05) is 0 Å². The Morgan fingerprint density at radius 2 is 1.94 bits per heavy atom. The van der Waals surface area contributed by atoms with Gasteiger partial charge < -0.3 is 14.8 Å². The van der Waals surface area contributed by atoms with Crippen LogP contribution >= 0.6 is 0 Å². The standard InChI is InChI=1S/C14H17NO2/c1-11(15-10-13-8-5-9-17-13)14(16)12-6-3-2-4-7-12/h2-9,11,14-16H,10H2,1H3/p+1/t11-,14+/m0/s1. The van der Waals surface area contributed by atoms with E-state index in [9.17, 15) is 5.11 Å². The Morgan fingerprint density at radius 3 is 2.59 bits per heavy atom. The maximum Gasteiger partial charge on any atom is 0.157 e. The number of hydrogen-bond donors (Lipinski definition) is 2. The van der Waals surface area contributed by atoms with E-state index in [4.69, 9.17) is 4.42 Å². The molecule has 3 nitrogen and oxygen atoms in total. The molecule has 0 aliphatic rings. The van der Waals surface area contributed by atoms with Crippen LogP contribution in [0.1, 0.15) is 24.4 Å². The van der Waals surface area contributed by atoms with Gasteiger partial charge in [0.2, 0.25) is 0 Å². The molecule has 2 rings (SSSR count). The third-order valence-corrected chi connectivity index (χ3v) is 2.91. The largest absolute Gasteiger partial charge is 0.463 e. The van der Waals surface area contributed by atoms with Gasteiger partial charge in [0.1, 0.15) is 18.7 Å². The van der Waals surface area contributed by atoms with E-state index < -0.39 is 6.10 Å². The van der Waals surface area contributed by atoms with Crippen LogP contribution in [0.3, 0.4) is 0 Å². The Balaban J connectivity index is 1.89. The molecule has 0 aliphatic carbocycles. The first-order valence-electron chi connectivity index (χ1n) is 5.86. The lowest BCUT2D eigenvalue weighted by Gasteiger charge is -2.17. The Labute approximate surface area is 101 Å². The number of hydrogen-bond acceptors (Lipinski definition) is 2. The minimum atomic E-state index is -0.453. The molecule has 0 saturated heterocycles. The molecule has 1 aromatic heterocycles. The number of quaternary nitrogens is 1. The molecule has 0 spiro atoms. The van der Waals surface area contributed by atoms with Gasteiger partial charge in [-0.3, -0.25) is 0 Å². The van der Waals surface area contributed by atoms with Crippen molar-refractivity contribution in [3.63, 3.8) is 0 Å². The smallest absolute Gasteiger partial charge is 0.157 e. The third kappa shape index (κ3) is 3.19. The summed E-state index contributed by atoms with van der Waals surface area (Å²) >= 11 is 0. The van der Waals surface area contributed by atoms with Crippen molar-refractivity contribution in [1.82, 2.24) is 0 Å². The molecule has 0 amide bonds. The second-order valence-electron chi connectivity index (χ2n) is 4.23. The van der Waals surface area contributed by atoms with E-state index in [1.54, 1.807) is 6.26 Å². The first-order chi connectivity index (χ1) is 8.27. The molecular formula is C14H18NO2+. The summed E-state index contributed by atoms with van der Waals surface area (Å²) in [5, 5.41) is 12.2. The number of nitrogens with two attached hydrogens (primary N) is 1. The molecule has 17 heavy (non-hydrogen) atoms. The van der Waals surface area contributed by atoms with E-state index in [2.05, 4.69) is 5.32 Å². The molecule has 90 valence electrons. The molecule has 0 aliphatic heterocycles. The minimum Gasteiger partial charge on any atom is -0.463 e. The fourth-order valence-corrected chi connectivity index (χ4v) is 1.81. The van der Waals surface area contributed by atoms with E-state index in [1.165, 1.54) is 0 Å². The molecule has 0 bridgehead atoms. The highest BCUT2D eigenvalue weighted by Crippen LogP contribution is 2.13. The third-order valence-electron chi connectivity index (χ3n) is 2.91. The average molecular weight is 232 g/mol. The van der Waals surface area contributed by atoms with Crippen molar-refractivity contribution >= 4 is 0 Å². The zero-order valence-electron chi connectivity index (χ0n) is 9.91. The Morgan fingerprint density at radius 1 is 1.18 bits per heavy atom. The van der Waals surface area contributed by atoms with Crippen LogP contribution < -0.4 is 5.32 Å². The normalized spacial score (nSPS) is 14.5. The lowest BCUT2D eigenvalue weighted by molar-refractivity contribution is -0.710. The van der Waals surface area contributed by atoms with Gasteiger partial charge >= 0.3 is 0 Å². The molecule has 2 atom stereocenters. The van der Waals surface area contributed by atoms with Gasteiger partial charge in [-0.15, -0.1) is 0 Å². The topological polar surface area (TPSA) is 50.0 Å². The molecule has 0 fully saturated rings. The quantitative estimate of drug-likeness (QED) is 0.820. The Hall–Kier alpha value is -1.58.